The summed E-state index contributed by atoms with van der Waals surface area (Å²) in [7, 11) is -3.90. The number of nitrogens with one attached hydrogen (secondary N) is 1. The fourth-order valence-corrected chi connectivity index (χ4v) is 3.18. The Labute approximate surface area is 149 Å². The predicted octanol–water partition coefficient (Wildman–Crippen LogP) is 1.68. The van der Waals surface area contributed by atoms with Gasteiger partial charge in [0.1, 0.15) is 0 Å². The van der Waals surface area contributed by atoms with Crippen LogP contribution in [-0.2, 0) is 16.6 Å². The minimum atomic E-state index is -3.90. The second-order valence-corrected chi connectivity index (χ2v) is 6.98. The molecule has 3 rings (SSSR count). The highest BCUT2D eigenvalue weighted by Gasteiger charge is 2.17. The molecule has 1 N–H and O–H groups in total. The Balaban J connectivity index is 1.71. The number of sulfonamides is 1. The number of rotatable bonds is 7. The van der Waals surface area contributed by atoms with Gasteiger partial charge in [0.25, 0.3) is 0 Å². The van der Waals surface area contributed by atoms with Gasteiger partial charge in [-0.3, -0.25) is 4.98 Å². The molecule has 0 spiro atoms. The molecule has 2 aromatic heterocycles. The summed E-state index contributed by atoms with van der Waals surface area (Å²) in [5, 5.41) is 7.83. The zero-order valence-corrected chi connectivity index (χ0v) is 14.6. The van der Waals surface area contributed by atoms with E-state index in [1.165, 1.54) is 16.8 Å². The van der Waals surface area contributed by atoms with Gasteiger partial charge in [0.15, 0.2) is 11.6 Å². The van der Waals surface area contributed by atoms with Gasteiger partial charge in [0.2, 0.25) is 10.0 Å². The lowest BCUT2D eigenvalue weighted by atomic mass is 10.3. The first-order chi connectivity index (χ1) is 12.5. The molecule has 0 fully saturated rings. The summed E-state index contributed by atoms with van der Waals surface area (Å²) in [4.78, 5) is 3.78. The molecular formula is C16H16FN5O3S. The van der Waals surface area contributed by atoms with Gasteiger partial charge in [-0.25, -0.2) is 22.2 Å². The highest BCUT2D eigenvalue weighted by atomic mass is 32.2. The Morgan fingerprint density at radius 2 is 2.15 bits per heavy atom. The van der Waals surface area contributed by atoms with E-state index in [0.29, 0.717) is 11.4 Å². The van der Waals surface area contributed by atoms with Gasteiger partial charge in [0.05, 0.1) is 41.8 Å². The lowest BCUT2D eigenvalue weighted by Crippen LogP contribution is -2.23. The summed E-state index contributed by atoms with van der Waals surface area (Å²) in [5.41, 5.74) is 1.10. The first-order valence-corrected chi connectivity index (χ1v) is 9.21. The Hall–Kier alpha value is -2.85. The maximum Gasteiger partial charge on any atom is 0.241 e. The van der Waals surface area contributed by atoms with Crippen LogP contribution in [0, 0.1) is 5.82 Å². The third-order valence-electron chi connectivity index (χ3n) is 3.41. The van der Waals surface area contributed by atoms with Crippen molar-refractivity contribution >= 4 is 10.0 Å². The van der Waals surface area contributed by atoms with Crippen molar-refractivity contribution in [2.24, 2.45) is 0 Å². The molecule has 2 heterocycles. The maximum atomic E-state index is 13.9. The van der Waals surface area contributed by atoms with Crippen molar-refractivity contribution in [3.63, 3.8) is 0 Å². The van der Waals surface area contributed by atoms with Crippen molar-refractivity contribution in [1.29, 1.82) is 0 Å². The normalized spacial score (nSPS) is 11.5. The summed E-state index contributed by atoms with van der Waals surface area (Å²) in [5.74, 6) is -0.733. The van der Waals surface area contributed by atoms with Crippen LogP contribution >= 0.6 is 0 Å². The van der Waals surface area contributed by atoms with Crippen molar-refractivity contribution in [1.82, 2.24) is 24.7 Å². The Bertz CT molecular complexity index is 992. The van der Waals surface area contributed by atoms with Gasteiger partial charge in [-0.05, 0) is 37.3 Å². The van der Waals surface area contributed by atoms with Gasteiger partial charge < -0.3 is 4.74 Å². The van der Waals surface area contributed by atoms with E-state index in [1.807, 2.05) is 0 Å². The topological polar surface area (TPSA) is 99.0 Å². The number of benzene rings is 1. The van der Waals surface area contributed by atoms with Crippen LogP contribution in [0.5, 0.6) is 5.75 Å². The van der Waals surface area contributed by atoms with Crippen LogP contribution in [0.1, 0.15) is 12.6 Å². The molecule has 136 valence electrons. The lowest BCUT2D eigenvalue weighted by Gasteiger charge is -2.08. The number of aromatic nitrogens is 4. The number of halogens is 1. The van der Waals surface area contributed by atoms with Gasteiger partial charge >= 0.3 is 0 Å². The summed E-state index contributed by atoms with van der Waals surface area (Å²) >= 11 is 0. The van der Waals surface area contributed by atoms with E-state index < -0.39 is 15.8 Å². The molecule has 0 saturated carbocycles. The zero-order chi connectivity index (χ0) is 18.6. The van der Waals surface area contributed by atoms with E-state index in [2.05, 4.69) is 20.0 Å². The van der Waals surface area contributed by atoms with Gasteiger partial charge in [-0.2, -0.15) is 0 Å². The molecule has 0 atom stereocenters. The fraction of sp³-hybridized carbons (Fsp3) is 0.188. The average Bonchev–Trinajstić information content (AvgIpc) is 3.12. The van der Waals surface area contributed by atoms with Gasteiger partial charge in [-0.15, -0.1) is 5.10 Å². The van der Waals surface area contributed by atoms with Crippen LogP contribution in [0.25, 0.3) is 5.69 Å². The average molecular weight is 377 g/mol. The molecule has 0 bridgehead atoms. The largest absolute Gasteiger partial charge is 0.491 e. The van der Waals surface area contributed by atoms with Gasteiger partial charge in [0, 0.05) is 6.20 Å². The van der Waals surface area contributed by atoms with E-state index in [4.69, 9.17) is 4.74 Å². The van der Waals surface area contributed by atoms with Crippen molar-refractivity contribution in [3.05, 3.63) is 60.4 Å². The van der Waals surface area contributed by atoms with Crippen LogP contribution in [0.4, 0.5) is 4.39 Å². The number of hydrogen-bond acceptors (Lipinski definition) is 6. The Morgan fingerprint density at radius 3 is 2.85 bits per heavy atom. The zero-order valence-electron chi connectivity index (χ0n) is 13.8. The molecule has 0 saturated heterocycles. The Morgan fingerprint density at radius 1 is 1.31 bits per heavy atom. The number of ether oxygens (including phenoxy) is 1. The predicted molar refractivity (Wildman–Crippen MR) is 90.7 cm³/mol. The lowest BCUT2D eigenvalue weighted by molar-refractivity contribution is 0.321. The second kappa shape index (κ2) is 7.58. The monoisotopic (exact) mass is 377 g/mol. The van der Waals surface area contributed by atoms with Crippen LogP contribution in [0.2, 0.25) is 0 Å². The number of pyridine rings is 1. The molecule has 0 amide bonds. The third kappa shape index (κ3) is 4.03. The summed E-state index contributed by atoms with van der Waals surface area (Å²) in [6.07, 6.45) is 4.81. The van der Waals surface area contributed by atoms with E-state index in [-0.39, 0.29) is 23.8 Å². The maximum absolute atomic E-state index is 13.9. The minimum absolute atomic E-state index is 0.00543. The highest BCUT2D eigenvalue weighted by Crippen LogP contribution is 2.21. The van der Waals surface area contributed by atoms with Crippen LogP contribution in [0.15, 0.2) is 53.8 Å². The molecule has 0 unspecified atom stereocenters. The van der Waals surface area contributed by atoms with Crippen molar-refractivity contribution in [3.8, 4) is 11.4 Å². The van der Waals surface area contributed by atoms with E-state index in [9.17, 15) is 12.8 Å². The Kier molecular flexibility index (Phi) is 5.24. The molecule has 0 aliphatic rings. The second-order valence-electron chi connectivity index (χ2n) is 5.22. The van der Waals surface area contributed by atoms with E-state index >= 15 is 0 Å². The first kappa shape index (κ1) is 18.0. The van der Waals surface area contributed by atoms with E-state index in [1.54, 1.807) is 37.6 Å². The molecule has 0 aliphatic carbocycles. The van der Waals surface area contributed by atoms with Crippen LogP contribution in [-0.4, -0.2) is 35.0 Å². The van der Waals surface area contributed by atoms with Gasteiger partial charge in [-0.1, -0.05) is 5.21 Å². The standard InChI is InChI=1S/C16H16FN5O3S/c1-2-25-16-6-5-14(8-15(16)17)26(23,24)19-9-12-11-22(21-20-12)13-4-3-7-18-10-13/h3-8,10-11,19H,2,9H2,1H3. The molecule has 3 aromatic rings. The summed E-state index contributed by atoms with van der Waals surface area (Å²) in [6.45, 7) is 1.91. The molecule has 8 nitrogen and oxygen atoms in total. The van der Waals surface area contributed by atoms with Crippen molar-refractivity contribution < 1.29 is 17.5 Å². The first-order valence-electron chi connectivity index (χ1n) is 7.73. The fourth-order valence-electron chi connectivity index (χ4n) is 2.17. The SMILES string of the molecule is CCOc1ccc(S(=O)(=O)NCc2cn(-c3cccnc3)nn2)cc1F. The van der Waals surface area contributed by atoms with Crippen molar-refractivity contribution in [2.75, 3.05) is 6.61 Å². The third-order valence-corrected chi connectivity index (χ3v) is 4.81. The smallest absolute Gasteiger partial charge is 0.241 e. The van der Waals surface area contributed by atoms with Crippen LogP contribution in [0.3, 0.4) is 0 Å². The highest BCUT2D eigenvalue weighted by molar-refractivity contribution is 7.89. The number of hydrogen-bond donors (Lipinski definition) is 1. The molecule has 0 radical (unpaired) electrons. The summed E-state index contributed by atoms with van der Waals surface area (Å²) < 4.78 is 47.4. The quantitative estimate of drug-likeness (QED) is 0.673. The van der Waals surface area contributed by atoms with Crippen LogP contribution < -0.4 is 9.46 Å². The molecule has 0 aliphatic heterocycles. The van der Waals surface area contributed by atoms with Crippen molar-refractivity contribution in [2.45, 2.75) is 18.4 Å². The molecular weight excluding hydrogens is 361 g/mol. The van der Waals surface area contributed by atoms with E-state index in [0.717, 1.165) is 6.07 Å². The minimum Gasteiger partial charge on any atom is -0.491 e. The molecule has 10 heteroatoms. The summed E-state index contributed by atoms with van der Waals surface area (Å²) in [6, 6.07) is 7.02. The number of nitrogens with zero attached hydrogens (tertiary/aromatic N) is 4. The molecule has 1 aromatic carbocycles. The molecule has 26 heavy (non-hydrogen) atoms.